The zero-order valence-electron chi connectivity index (χ0n) is 16.7. The first-order valence-corrected chi connectivity index (χ1v) is 9.83. The fraction of sp³-hybridized carbons (Fsp3) is 0.292. The predicted octanol–water partition coefficient (Wildman–Crippen LogP) is 5.65. The Morgan fingerprint density at radius 2 is 2.14 bits per heavy atom. The molecule has 1 aliphatic carbocycles. The van der Waals surface area contributed by atoms with Gasteiger partial charge in [-0.05, 0) is 61.8 Å². The molecule has 0 bridgehead atoms. The van der Waals surface area contributed by atoms with Crippen LogP contribution < -0.4 is 5.73 Å². The van der Waals surface area contributed by atoms with Gasteiger partial charge in [0.15, 0.2) is 0 Å². The van der Waals surface area contributed by atoms with Crippen LogP contribution in [0.3, 0.4) is 0 Å². The quantitative estimate of drug-likeness (QED) is 0.491. The van der Waals surface area contributed by atoms with Crippen LogP contribution in [-0.4, -0.2) is 9.97 Å². The largest absolute Gasteiger partial charge is 0.382 e. The molecule has 5 heteroatoms. The summed E-state index contributed by atoms with van der Waals surface area (Å²) in [5, 5.41) is 9.39. The van der Waals surface area contributed by atoms with E-state index in [2.05, 4.69) is 22.6 Å². The molecule has 0 spiro atoms. The summed E-state index contributed by atoms with van der Waals surface area (Å²) in [5.74, 6) is 0.464. The fourth-order valence-electron chi connectivity index (χ4n) is 3.55. The van der Waals surface area contributed by atoms with E-state index in [0.29, 0.717) is 41.4 Å². The van der Waals surface area contributed by atoms with Crippen molar-refractivity contribution in [2.45, 2.75) is 44.9 Å². The van der Waals surface area contributed by atoms with Gasteiger partial charge in [0.25, 0.3) is 0 Å². The molecule has 2 N–H and O–H groups in total. The standard InChI is InChI=1S/C24H25FN4/c1-3-4-6-18(13-26)16(2)9-10-20-19(17-7-5-8-17)11-12-21(24(20)25)22-14-29-23(27)15-28-22/h3-4,6,11-12,14-15,17H,1,5,7-10H2,2H3,(H2,27,29)/b6-4-,18-16-. The first kappa shape index (κ1) is 20.5. The number of nitrogen functional groups attached to an aromatic ring is 1. The number of allylic oxidation sites excluding steroid dienone is 5. The molecule has 0 radical (unpaired) electrons. The van der Waals surface area contributed by atoms with Gasteiger partial charge in [0, 0.05) is 5.56 Å². The normalized spacial score (nSPS) is 14.9. The van der Waals surface area contributed by atoms with Gasteiger partial charge in [0.1, 0.15) is 11.6 Å². The molecule has 0 atom stereocenters. The molecule has 29 heavy (non-hydrogen) atoms. The van der Waals surface area contributed by atoms with E-state index in [1.54, 1.807) is 24.3 Å². The maximum absolute atomic E-state index is 15.6. The molecule has 2 aromatic rings. The molecule has 1 aromatic heterocycles. The number of nitrogens with zero attached hydrogens (tertiary/aromatic N) is 3. The second kappa shape index (κ2) is 9.29. The van der Waals surface area contributed by atoms with E-state index < -0.39 is 0 Å². The minimum atomic E-state index is -0.249. The number of aromatic nitrogens is 2. The van der Waals surface area contributed by atoms with Crippen molar-refractivity contribution in [1.82, 2.24) is 9.97 Å². The highest BCUT2D eigenvalue weighted by Gasteiger charge is 2.25. The van der Waals surface area contributed by atoms with E-state index >= 15 is 4.39 Å². The molecule has 1 heterocycles. The summed E-state index contributed by atoms with van der Waals surface area (Å²) in [6.07, 6.45) is 12.6. The Balaban J connectivity index is 1.96. The minimum Gasteiger partial charge on any atom is -0.382 e. The average Bonchev–Trinajstić information content (AvgIpc) is 2.68. The molecule has 0 aliphatic heterocycles. The Kier molecular flexibility index (Phi) is 6.56. The maximum Gasteiger partial charge on any atom is 0.141 e. The molecular formula is C24H25FN4. The lowest BCUT2D eigenvalue weighted by Gasteiger charge is -2.29. The average molecular weight is 388 g/mol. The van der Waals surface area contributed by atoms with Gasteiger partial charge in [-0.2, -0.15) is 5.26 Å². The van der Waals surface area contributed by atoms with Crippen LogP contribution in [0.2, 0.25) is 0 Å². The number of hydrogen-bond acceptors (Lipinski definition) is 4. The third-order valence-electron chi connectivity index (χ3n) is 5.50. The monoisotopic (exact) mass is 388 g/mol. The topological polar surface area (TPSA) is 75.6 Å². The van der Waals surface area contributed by atoms with Crippen LogP contribution in [0.4, 0.5) is 10.2 Å². The van der Waals surface area contributed by atoms with Crippen LogP contribution in [0.5, 0.6) is 0 Å². The molecule has 4 nitrogen and oxygen atoms in total. The Bertz CT molecular complexity index is 993. The Morgan fingerprint density at radius 3 is 2.72 bits per heavy atom. The zero-order valence-corrected chi connectivity index (χ0v) is 16.7. The number of benzene rings is 1. The smallest absolute Gasteiger partial charge is 0.141 e. The third kappa shape index (κ3) is 4.60. The molecule has 0 amide bonds. The van der Waals surface area contributed by atoms with E-state index in [1.807, 2.05) is 13.0 Å². The third-order valence-corrected chi connectivity index (χ3v) is 5.50. The number of nitriles is 1. The first-order chi connectivity index (χ1) is 14.0. The van der Waals surface area contributed by atoms with E-state index in [1.165, 1.54) is 18.8 Å². The summed E-state index contributed by atoms with van der Waals surface area (Å²) in [6.45, 7) is 5.55. The number of hydrogen-bond donors (Lipinski definition) is 1. The molecule has 3 rings (SSSR count). The van der Waals surface area contributed by atoms with Crippen molar-refractivity contribution in [3.8, 4) is 17.3 Å². The molecule has 1 fully saturated rings. The molecule has 1 aromatic carbocycles. The number of rotatable bonds is 7. The van der Waals surface area contributed by atoms with Gasteiger partial charge in [-0.15, -0.1) is 0 Å². The lowest BCUT2D eigenvalue weighted by atomic mass is 9.76. The Hall–Kier alpha value is -3.26. The highest BCUT2D eigenvalue weighted by atomic mass is 19.1. The van der Waals surface area contributed by atoms with Crippen molar-refractivity contribution < 1.29 is 4.39 Å². The fourth-order valence-corrected chi connectivity index (χ4v) is 3.55. The highest BCUT2D eigenvalue weighted by molar-refractivity contribution is 5.62. The van der Waals surface area contributed by atoms with Gasteiger partial charge in [-0.3, -0.25) is 4.98 Å². The summed E-state index contributed by atoms with van der Waals surface area (Å²) >= 11 is 0. The first-order valence-electron chi connectivity index (χ1n) is 9.83. The molecule has 148 valence electrons. The lowest BCUT2D eigenvalue weighted by Crippen LogP contribution is -2.13. The molecule has 1 aliphatic rings. The molecule has 0 saturated heterocycles. The Labute approximate surface area is 171 Å². The van der Waals surface area contributed by atoms with Gasteiger partial charge in [-0.25, -0.2) is 9.37 Å². The molecule has 0 unspecified atom stereocenters. The second-order valence-corrected chi connectivity index (χ2v) is 7.35. The van der Waals surface area contributed by atoms with Gasteiger partial charge < -0.3 is 5.73 Å². The maximum atomic E-state index is 15.6. The van der Waals surface area contributed by atoms with E-state index in [0.717, 1.165) is 29.5 Å². The summed E-state index contributed by atoms with van der Waals surface area (Å²) in [4.78, 5) is 8.27. The molecule has 1 saturated carbocycles. The van der Waals surface area contributed by atoms with Crippen molar-refractivity contribution in [3.05, 3.63) is 77.4 Å². The predicted molar refractivity (Wildman–Crippen MR) is 114 cm³/mol. The summed E-state index contributed by atoms with van der Waals surface area (Å²) in [5.41, 5.74) is 9.83. The van der Waals surface area contributed by atoms with Crippen molar-refractivity contribution >= 4 is 5.82 Å². The van der Waals surface area contributed by atoms with E-state index in [9.17, 15) is 5.26 Å². The van der Waals surface area contributed by atoms with Crippen LogP contribution in [0.15, 0.2) is 60.5 Å². The Morgan fingerprint density at radius 1 is 1.34 bits per heavy atom. The van der Waals surface area contributed by atoms with Crippen LogP contribution in [0.25, 0.3) is 11.3 Å². The van der Waals surface area contributed by atoms with Gasteiger partial charge in [0.05, 0.1) is 29.7 Å². The summed E-state index contributed by atoms with van der Waals surface area (Å²) < 4.78 is 15.6. The van der Waals surface area contributed by atoms with Crippen molar-refractivity contribution in [2.24, 2.45) is 0 Å². The second-order valence-electron chi connectivity index (χ2n) is 7.35. The minimum absolute atomic E-state index is 0.249. The van der Waals surface area contributed by atoms with Crippen LogP contribution in [0.1, 0.15) is 49.7 Å². The van der Waals surface area contributed by atoms with Crippen LogP contribution in [0, 0.1) is 17.1 Å². The van der Waals surface area contributed by atoms with E-state index in [-0.39, 0.29) is 5.82 Å². The van der Waals surface area contributed by atoms with Gasteiger partial charge in [0.2, 0.25) is 0 Å². The van der Waals surface area contributed by atoms with Crippen molar-refractivity contribution in [2.75, 3.05) is 5.73 Å². The zero-order chi connectivity index (χ0) is 20.8. The van der Waals surface area contributed by atoms with E-state index in [4.69, 9.17) is 5.73 Å². The summed E-state index contributed by atoms with van der Waals surface area (Å²) in [7, 11) is 0. The number of nitrogens with two attached hydrogens (primary N) is 1. The van der Waals surface area contributed by atoms with Crippen molar-refractivity contribution in [1.29, 1.82) is 5.26 Å². The lowest BCUT2D eigenvalue weighted by molar-refractivity contribution is 0.414. The van der Waals surface area contributed by atoms with Crippen LogP contribution in [-0.2, 0) is 6.42 Å². The highest BCUT2D eigenvalue weighted by Crippen LogP contribution is 2.41. The van der Waals surface area contributed by atoms with Gasteiger partial charge >= 0.3 is 0 Å². The van der Waals surface area contributed by atoms with Crippen molar-refractivity contribution in [3.63, 3.8) is 0 Å². The number of anilines is 1. The van der Waals surface area contributed by atoms with Gasteiger partial charge in [-0.1, -0.05) is 36.8 Å². The SMILES string of the molecule is C=C/C=C\C(C#N)=C(/C)CCc1c(C2CCC2)ccc(-c2cnc(N)cn2)c1F. The van der Waals surface area contributed by atoms with Crippen LogP contribution >= 0.6 is 0 Å². The molecular weight excluding hydrogens is 363 g/mol. The number of halogens is 1. The summed E-state index contributed by atoms with van der Waals surface area (Å²) in [6, 6.07) is 6.03.